The van der Waals surface area contributed by atoms with Crippen molar-refractivity contribution in [3.8, 4) is 5.75 Å². The van der Waals surface area contributed by atoms with E-state index in [2.05, 4.69) is 10.3 Å². The van der Waals surface area contributed by atoms with Crippen molar-refractivity contribution in [2.24, 2.45) is 0 Å². The Labute approximate surface area is 133 Å². The molecule has 0 saturated carbocycles. The van der Waals surface area contributed by atoms with Crippen molar-refractivity contribution in [1.29, 1.82) is 0 Å². The molecule has 3 rings (SSSR count). The summed E-state index contributed by atoms with van der Waals surface area (Å²) in [5.41, 5.74) is 2.04. The predicted octanol–water partition coefficient (Wildman–Crippen LogP) is 2.86. The van der Waals surface area contributed by atoms with Gasteiger partial charge in [0.25, 0.3) is 5.91 Å². The Morgan fingerprint density at radius 2 is 1.91 bits per heavy atom. The molecule has 1 heterocycles. The standard InChI is InChI=1S/C18H16N2O3/c21-11-12-23-14-8-6-13(7-9-14)20-18(22)16-3-1-5-17-15(16)4-2-10-19-17/h1-10,21H,11-12H2,(H,20,22). The van der Waals surface area contributed by atoms with Crippen molar-refractivity contribution in [2.45, 2.75) is 0 Å². The van der Waals surface area contributed by atoms with E-state index in [1.165, 1.54) is 0 Å². The lowest BCUT2D eigenvalue weighted by atomic mass is 10.1. The molecule has 1 amide bonds. The Bertz CT molecular complexity index is 811. The Balaban J connectivity index is 1.78. The Kier molecular flexibility index (Phi) is 4.49. The van der Waals surface area contributed by atoms with Gasteiger partial charge in [0.2, 0.25) is 0 Å². The van der Waals surface area contributed by atoms with Crippen molar-refractivity contribution in [3.63, 3.8) is 0 Å². The number of carbonyl (C=O) groups excluding carboxylic acids is 1. The zero-order valence-electron chi connectivity index (χ0n) is 12.4. The number of benzene rings is 2. The smallest absolute Gasteiger partial charge is 0.256 e. The van der Waals surface area contributed by atoms with Crippen LogP contribution in [-0.2, 0) is 0 Å². The van der Waals surface area contributed by atoms with Crippen molar-refractivity contribution in [3.05, 3.63) is 66.4 Å². The fourth-order valence-electron chi connectivity index (χ4n) is 2.30. The first-order valence-electron chi connectivity index (χ1n) is 7.27. The zero-order chi connectivity index (χ0) is 16.1. The second kappa shape index (κ2) is 6.89. The number of aliphatic hydroxyl groups excluding tert-OH is 1. The molecule has 2 N–H and O–H groups in total. The second-order valence-electron chi connectivity index (χ2n) is 4.93. The van der Waals surface area contributed by atoms with Gasteiger partial charge in [-0.3, -0.25) is 9.78 Å². The van der Waals surface area contributed by atoms with Crippen LogP contribution >= 0.6 is 0 Å². The highest BCUT2D eigenvalue weighted by molar-refractivity contribution is 6.12. The number of nitrogens with zero attached hydrogens (tertiary/aromatic N) is 1. The number of fused-ring (bicyclic) bond motifs is 1. The second-order valence-corrected chi connectivity index (χ2v) is 4.93. The largest absolute Gasteiger partial charge is 0.491 e. The van der Waals surface area contributed by atoms with E-state index in [0.717, 1.165) is 10.9 Å². The van der Waals surface area contributed by atoms with Gasteiger partial charge >= 0.3 is 0 Å². The Morgan fingerprint density at radius 3 is 2.70 bits per heavy atom. The van der Waals surface area contributed by atoms with Crippen LogP contribution in [0.3, 0.4) is 0 Å². The van der Waals surface area contributed by atoms with E-state index in [9.17, 15) is 4.79 Å². The van der Waals surface area contributed by atoms with Crippen molar-refractivity contribution < 1.29 is 14.6 Å². The van der Waals surface area contributed by atoms with Gasteiger partial charge in [0.05, 0.1) is 12.1 Å². The molecule has 0 bridgehead atoms. The molecule has 0 spiro atoms. The normalized spacial score (nSPS) is 10.5. The molecular weight excluding hydrogens is 292 g/mol. The molecule has 0 saturated heterocycles. The number of hydrogen-bond acceptors (Lipinski definition) is 4. The van der Waals surface area contributed by atoms with Gasteiger partial charge in [-0.15, -0.1) is 0 Å². The number of carbonyl (C=O) groups is 1. The van der Waals surface area contributed by atoms with Gasteiger partial charge in [0, 0.05) is 22.8 Å². The minimum absolute atomic E-state index is 0.0341. The average molecular weight is 308 g/mol. The summed E-state index contributed by atoms with van der Waals surface area (Å²) in [5.74, 6) is 0.457. The van der Waals surface area contributed by atoms with Crippen LogP contribution in [0.4, 0.5) is 5.69 Å². The Hall–Kier alpha value is -2.92. The molecule has 116 valence electrons. The van der Waals surface area contributed by atoms with Gasteiger partial charge in [-0.1, -0.05) is 12.1 Å². The number of aliphatic hydroxyl groups is 1. The molecule has 0 atom stereocenters. The molecule has 1 aromatic heterocycles. The predicted molar refractivity (Wildman–Crippen MR) is 88.7 cm³/mol. The Morgan fingerprint density at radius 1 is 1.09 bits per heavy atom. The lowest BCUT2D eigenvalue weighted by Crippen LogP contribution is -2.12. The molecule has 2 aromatic carbocycles. The van der Waals surface area contributed by atoms with E-state index in [1.54, 1.807) is 36.5 Å². The van der Waals surface area contributed by atoms with E-state index in [0.29, 0.717) is 17.0 Å². The van der Waals surface area contributed by atoms with E-state index < -0.39 is 0 Å². The van der Waals surface area contributed by atoms with Crippen LogP contribution in [0.5, 0.6) is 5.75 Å². The maximum absolute atomic E-state index is 12.5. The highest BCUT2D eigenvalue weighted by Gasteiger charge is 2.10. The molecule has 0 fully saturated rings. The van der Waals surface area contributed by atoms with Crippen LogP contribution < -0.4 is 10.1 Å². The van der Waals surface area contributed by atoms with Gasteiger partial charge < -0.3 is 15.2 Å². The fourth-order valence-corrected chi connectivity index (χ4v) is 2.30. The van der Waals surface area contributed by atoms with Crippen molar-refractivity contribution >= 4 is 22.5 Å². The minimum Gasteiger partial charge on any atom is -0.491 e. The number of amides is 1. The summed E-state index contributed by atoms with van der Waals surface area (Å²) in [6.45, 7) is 0.211. The van der Waals surface area contributed by atoms with Gasteiger partial charge in [-0.25, -0.2) is 0 Å². The lowest BCUT2D eigenvalue weighted by molar-refractivity contribution is 0.102. The number of pyridine rings is 1. The SMILES string of the molecule is O=C(Nc1ccc(OCCO)cc1)c1cccc2ncccc12. The third-order valence-electron chi connectivity index (χ3n) is 3.36. The minimum atomic E-state index is -0.187. The van der Waals surface area contributed by atoms with Crippen LogP contribution in [0.25, 0.3) is 10.9 Å². The number of nitrogens with one attached hydrogen (secondary N) is 1. The van der Waals surface area contributed by atoms with Gasteiger partial charge in [0.15, 0.2) is 0 Å². The topological polar surface area (TPSA) is 71.5 Å². The summed E-state index contributed by atoms with van der Waals surface area (Å²) in [6.07, 6.45) is 1.70. The van der Waals surface area contributed by atoms with Crippen LogP contribution in [0.1, 0.15) is 10.4 Å². The van der Waals surface area contributed by atoms with Gasteiger partial charge in [0.1, 0.15) is 12.4 Å². The third-order valence-corrected chi connectivity index (χ3v) is 3.36. The molecule has 23 heavy (non-hydrogen) atoms. The van der Waals surface area contributed by atoms with Crippen molar-refractivity contribution in [1.82, 2.24) is 4.98 Å². The van der Waals surface area contributed by atoms with Crippen molar-refractivity contribution in [2.75, 3.05) is 18.5 Å². The number of anilines is 1. The van der Waals surface area contributed by atoms with E-state index >= 15 is 0 Å². The molecule has 0 aliphatic heterocycles. The summed E-state index contributed by atoms with van der Waals surface area (Å²) < 4.78 is 5.29. The van der Waals surface area contributed by atoms with Crippen LogP contribution in [0, 0.1) is 0 Å². The lowest BCUT2D eigenvalue weighted by Gasteiger charge is -2.09. The molecule has 5 heteroatoms. The number of aromatic nitrogens is 1. The molecular formula is C18H16N2O3. The molecule has 0 aliphatic rings. The van der Waals surface area contributed by atoms with Gasteiger partial charge in [-0.05, 0) is 42.5 Å². The molecule has 3 aromatic rings. The number of rotatable bonds is 5. The van der Waals surface area contributed by atoms with E-state index in [-0.39, 0.29) is 19.1 Å². The first kappa shape index (κ1) is 15.0. The summed E-state index contributed by atoms with van der Waals surface area (Å²) >= 11 is 0. The maximum atomic E-state index is 12.5. The van der Waals surface area contributed by atoms with Crippen LogP contribution in [-0.4, -0.2) is 29.2 Å². The number of hydrogen-bond donors (Lipinski definition) is 2. The molecule has 5 nitrogen and oxygen atoms in total. The molecule has 0 unspecified atom stereocenters. The molecule has 0 aliphatic carbocycles. The number of ether oxygens (including phenoxy) is 1. The third kappa shape index (κ3) is 3.46. The van der Waals surface area contributed by atoms with Crippen LogP contribution in [0.15, 0.2) is 60.8 Å². The van der Waals surface area contributed by atoms with E-state index in [4.69, 9.17) is 9.84 Å². The molecule has 0 radical (unpaired) electrons. The quantitative estimate of drug-likeness (QED) is 0.760. The van der Waals surface area contributed by atoms with Crippen LogP contribution in [0.2, 0.25) is 0 Å². The first-order chi connectivity index (χ1) is 11.3. The maximum Gasteiger partial charge on any atom is 0.256 e. The van der Waals surface area contributed by atoms with Gasteiger partial charge in [-0.2, -0.15) is 0 Å². The zero-order valence-corrected chi connectivity index (χ0v) is 12.4. The fraction of sp³-hybridized carbons (Fsp3) is 0.111. The summed E-state index contributed by atoms with van der Waals surface area (Å²) in [7, 11) is 0. The first-order valence-corrected chi connectivity index (χ1v) is 7.27. The highest BCUT2D eigenvalue weighted by atomic mass is 16.5. The average Bonchev–Trinajstić information content (AvgIpc) is 2.60. The monoisotopic (exact) mass is 308 g/mol. The highest BCUT2D eigenvalue weighted by Crippen LogP contribution is 2.20. The summed E-state index contributed by atoms with van der Waals surface area (Å²) in [4.78, 5) is 16.7. The summed E-state index contributed by atoms with van der Waals surface area (Å²) in [5, 5.41) is 12.4. The summed E-state index contributed by atoms with van der Waals surface area (Å²) in [6, 6.07) is 16.2. The van der Waals surface area contributed by atoms with E-state index in [1.807, 2.05) is 24.3 Å².